The zero-order chi connectivity index (χ0) is 14.4. The Hall–Kier alpha value is -2.50. The van der Waals surface area contributed by atoms with Crippen molar-refractivity contribution < 1.29 is 9.53 Å². The van der Waals surface area contributed by atoms with E-state index < -0.39 is 0 Å². The summed E-state index contributed by atoms with van der Waals surface area (Å²) in [5, 5.41) is 6.93. The van der Waals surface area contributed by atoms with Gasteiger partial charge in [-0.15, -0.1) is 0 Å². The summed E-state index contributed by atoms with van der Waals surface area (Å²) in [4.78, 5) is 11.8. The summed E-state index contributed by atoms with van der Waals surface area (Å²) in [5.41, 5.74) is 6.25. The van der Waals surface area contributed by atoms with Gasteiger partial charge in [-0.2, -0.15) is 5.10 Å². The van der Waals surface area contributed by atoms with E-state index in [0.717, 1.165) is 0 Å². The molecular weight excluding hydrogens is 256 g/mol. The summed E-state index contributed by atoms with van der Waals surface area (Å²) in [6.45, 7) is 2.47. The number of hydrogen-bond acceptors (Lipinski definition) is 4. The van der Waals surface area contributed by atoms with E-state index in [1.54, 1.807) is 23.0 Å². The Bertz CT molecular complexity index is 554. The molecule has 1 heterocycles. The lowest BCUT2D eigenvalue weighted by molar-refractivity contribution is -0.123. The van der Waals surface area contributed by atoms with E-state index in [4.69, 9.17) is 10.5 Å². The molecule has 0 aliphatic rings. The van der Waals surface area contributed by atoms with Gasteiger partial charge >= 0.3 is 0 Å². The lowest BCUT2D eigenvalue weighted by Crippen LogP contribution is -2.38. The molecule has 0 saturated carbocycles. The number of nitrogens with zero attached hydrogens (tertiary/aromatic N) is 2. The van der Waals surface area contributed by atoms with Crippen molar-refractivity contribution in [2.45, 2.75) is 19.5 Å². The average Bonchev–Trinajstić information content (AvgIpc) is 2.90. The van der Waals surface area contributed by atoms with Crippen LogP contribution in [-0.2, 0) is 11.3 Å². The second-order valence-corrected chi connectivity index (χ2v) is 4.52. The van der Waals surface area contributed by atoms with E-state index in [-0.39, 0.29) is 18.6 Å². The molecule has 0 saturated heterocycles. The first-order chi connectivity index (χ1) is 9.65. The molecule has 1 aromatic carbocycles. The number of anilines is 1. The standard InChI is InChI=1S/C14H18N4O2/c1-11(9-18-8-4-7-16-18)17-14(19)10-20-13-6-3-2-5-12(13)15/h2-8,11H,9-10,15H2,1H3,(H,17,19). The first-order valence-corrected chi connectivity index (χ1v) is 6.39. The molecule has 1 aromatic heterocycles. The fourth-order valence-electron chi connectivity index (χ4n) is 1.81. The third-order valence-electron chi connectivity index (χ3n) is 2.71. The van der Waals surface area contributed by atoms with Gasteiger partial charge in [0.05, 0.1) is 12.2 Å². The smallest absolute Gasteiger partial charge is 0.258 e. The minimum absolute atomic E-state index is 0.0286. The van der Waals surface area contributed by atoms with Gasteiger partial charge < -0.3 is 15.8 Å². The molecule has 1 amide bonds. The number of nitrogens with two attached hydrogens (primary N) is 1. The molecule has 0 radical (unpaired) electrons. The van der Waals surface area contributed by atoms with Crippen molar-refractivity contribution >= 4 is 11.6 Å². The number of nitrogens with one attached hydrogen (secondary N) is 1. The summed E-state index contributed by atoms with van der Waals surface area (Å²) in [6.07, 6.45) is 3.56. The molecule has 20 heavy (non-hydrogen) atoms. The minimum atomic E-state index is -0.187. The van der Waals surface area contributed by atoms with E-state index in [9.17, 15) is 4.79 Å². The van der Waals surface area contributed by atoms with E-state index in [0.29, 0.717) is 18.0 Å². The van der Waals surface area contributed by atoms with Gasteiger partial charge in [-0.3, -0.25) is 9.48 Å². The first-order valence-electron chi connectivity index (χ1n) is 6.39. The lowest BCUT2D eigenvalue weighted by Gasteiger charge is -2.14. The number of hydrogen-bond donors (Lipinski definition) is 2. The maximum absolute atomic E-state index is 11.8. The van der Waals surface area contributed by atoms with E-state index in [1.807, 2.05) is 31.3 Å². The van der Waals surface area contributed by atoms with Crippen molar-refractivity contribution in [3.8, 4) is 5.75 Å². The average molecular weight is 274 g/mol. The SMILES string of the molecule is CC(Cn1cccn1)NC(=O)COc1ccccc1N. The molecular formula is C14H18N4O2. The Morgan fingerprint density at radius 2 is 2.25 bits per heavy atom. The van der Waals surface area contributed by atoms with E-state index in [1.165, 1.54) is 0 Å². The van der Waals surface area contributed by atoms with Gasteiger partial charge in [0.1, 0.15) is 5.75 Å². The number of carbonyl (C=O) groups excluding carboxylic acids is 1. The number of benzene rings is 1. The van der Waals surface area contributed by atoms with E-state index in [2.05, 4.69) is 10.4 Å². The van der Waals surface area contributed by atoms with Gasteiger partial charge in [-0.25, -0.2) is 0 Å². The van der Waals surface area contributed by atoms with Crippen LogP contribution in [0.15, 0.2) is 42.7 Å². The zero-order valence-electron chi connectivity index (χ0n) is 11.3. The highest BCUT2D eigenvalue weighted by Crippen LogP contribution is 2.19. The van der Waals surface area contributed by atoms with Crippen LogP contribution in [0.2, 0.25) is 0 Å². The van der Waals surface area contributed by atoms with Crippen LogP contribution in [0, 0.1) is 0 Å². The molecule has 6 nitrogen and oxygen atoms in total. The van der Waals surface area contributed by atoms with Crippen LogP contribution in [0.4, 0.5) is 5.69 Å². The predicted molar refractivity (Wildman–Crippen MR) is 76.2 cm³/mol. The fourth-order valence-corrected chi connectivity index (χ4v) is 1.81. The molecule has 3 N–H and O–H groups in total. The zero-order valence-corrected chi connectivity index (χ0v) is 11.3. The number of para-hydroxylation sites is 2. The molecule has 0 aliphatic carbocycles. The highest BCUT2D eigenvalue weighted by Gasteiger charge is 2.09. The summed E-state index contributed by atoms with van der Waals surface area (Å²) in [5.74, 6) is 0.329. The number of amides is 1. The largest absolute Gasteiger partial charge is 0.482 e. The number of rotatable bonds is 6. The van der Waals surface area contributed by atoms with Gasteiger partial charge in [-0.1, -0.05) is 12.1 Å². The molecule has 106 valence electrons. The molecule has 2 rings (SSSR count). The quantitative estimate of drug-likeness (QED) is 0.771. The minimum Gasteiger partial charge on any atom is -0.482 e. The van der Waals surface area contributed by atoms with Gasteiger partial charge in [0.15, 0.2) is 6.61 Å². The molecule has 0 spiro atoms. The van der Waals surface area contributed by atoms with Crippen molar-refractivity contribution in [1.82, 2.24) is 15.1 Å². The Labute approximate surface area is 117 Å². The van der Waals surface area contributed by atoms with Crippen LogP contribution >= 0.6 is 0 Å². The molecule has 0 bridgehead atoms. The molecule has 0 fully saturated rings. The summed E-state index contributed by atoms with van der Waals surface area (Å²) in [6, 6.07) is 8.90. The maximum Gasteiger partial charge on any atom is 0.258 e. The predicted octanol–water partition coefficient (Wildman–Crippen LogP) is 1.05. The topological polar surface area (TPSA) is 82.2 Å². The second kappa shape index (κ2) is 6.60. The maximum atomic E-state index is 11.8. The van der Waals surface area contributed by atoms with Crippen molar-refractivity contribution in [2.75, 3.05) is 12.3 Å². The van der Waals surface area contributed by atoms with Crippen molar-refractivity contribution in [1.29, 1.82) is 0 Å². The van der Waals surface area contributed by atoms with Crippen molar-refractivity contribution in [2.24, 2.45) is 0 Å². The number of ether oxygens (including phenoxy) is 1. The van der Waals surface area contributed by atoms with Gasteiger partial charge in [-0.05, 0) is 25.1 Å². The third kappa shape index (κ3) is 4.01. The van der Waals surface area contributed by atoms with Gasteiger partial charge in [0.2, 0.25) is 0 Å². The lowest BCUT2D eigenvalue weighted by atomic mass is 10.3. The first kappa shape index (κ1) is 13.9. The third-order valence-corrected chi connectivity index (χ3v) is 2.71. The normalized spacial score (nSPS) is 11.8. The fraction of sp³-hybridized carbons (Fsp3) is 0.286. The summed E-state index contributed by atoms with van der Waals surface area (Å²) in [7, 11) is 0. The summed E-state index contributed by atoms with van der Waals surface area (Å²) < 4.78 is 7.14. The van der Waals surface area contributed by atoms with E-state index >= 15 is 0 Å². The highest BCUT2D eigenvalue weighted by molar-refractivity contribution is 5.78. The highest BCUT2D eigenvalue weighted by atomic mass is 16.5. The molecule has 2 aromatic rings. The Morgan fingerprint density at radius 3 is 2.95 bits per heavy atom. The number of aromatic nitrogens is 2. The monoisotopic (exact) mass is 274 g/mol. The molecule has 1 unspecified atom stereocenters. The van der Waals surface area contributed by atoms with Crippen LogP contribution in [-0.4, -0.2) is 28.3 Å². The van der Waals surface area contributed by atoms with Crippen LogP contribution in [0.3, 0.4) is 0 Å². The molecule has 6 heteroatoms. The Kier molecular flexibility index (Phi) is 4.60. The van der Waals surface area contributed by atoms with Crippen molar-refractivity contribution in [3.05, 3.63) is 42.7 Å². The van der Waals surface area contributed by atoms with Crippen LogP contribution in [0.5, 0.6) is 5.75 Å². The van der Waals surface area contributed by atoms with Gasteiger partial charge in [0.25, 0.3) is 5.91 Å². The Balaban J connectivity index is 1.76. The Morgan fingerprint density at radius 1 is 1.45 bits per heavy atom. The summed E-state index contributed by atoms with van der Waals surface area (Å²) >= 11 is 0. The molecule has 1 atom stereocenters. The van der Waals surface area contributed by atoms with Crippen molar-refractivity contribution in [3.63, 3.8) is 0 Å². The van der Waals surface area contributed by atoms with Crippen LogP contribution in [0.1, 0.15) is 6.92 Å². The molecule has 0 aliphatic heterocycles. The number of carbonyl (C=O) groups is 1. The van der Waals surface area contributed by atoms with Crippen LogP contribution < -0.4 is 15.8 Å². The second-order valence-electron chi connectivity index (χ2n) is 4.52. The number of nitrogen functional groups attached to an aromatic ring is 1. The van der Waals surface area contributed by atoms with Crippen LogP contribution in [0.25, 0.3) is 0 Å². The van der Waals surface area contributed by atoms with Gasteiger partial charge in [0, 0.05) is 18.4 Å².